The molecule has 1 aliphatic heterocycles. The van der Waals surface area contributed by atoms with Gasteiger partial charge in [0.15, 0.2) is 0 Å². The van der Waals surface area contributed by atoms with Crippen molar-refractivity contribution in [3.05, 3.63) is 42.0 Å². The van der Waals surface area contributed by atoms with Crippen molar-refractivity contribution in [2.75, 3.05) is 25.5 Å². The van der Waals surface area contributed by atoms with Gasteiger partial charge in [0, 0.05) is 23.7 Å². The van der Waals surface area contributed by atoms with Crippen molar-refractivity contribution < 1.29 is 8.78 Å². The molecular weight excluding hydrogens is 246 g/mol. The van der Waals surface area contributed by atoms with Crippen molar-refractivity contribution in [1.82, 2.24) is 5.32 Å². The summed E-state index contributed by atoms with van der Waals surface area (Å²) in [5, 5.41) is 6.41. The fourth-order valence-electron chi connectivity index (χ4n) is 2.78. The summed E-state index contributed by atoms with van der Waals surface area (Å²) in [6, 6.07) is 4.85. The number of piperidine rings is 1. The van der Waals surface area contributed by atoms with Gasteiger partial charge in [0.25, 0.3) is 6.43 Å². The van der Waals surface area contributed by atoms with E-state index in [-0.39, 0.29) is 11.0 Å². The zero-order valence-corrected chi connectivity index (χ0v) is 11.2. The Hall–Kier alpha value is -1.42. The van der Waals surface area contributed by atoms with Gasteiger partial charge in [0.1, 0.15) is 0 Å². The van der Waals surface area contributed by atoms with Crippen molar-refractivity contribution in [2.45, 2.75) is 24.7 Å². The molecule has 0 bridgehead atoms. The molecule has 1 heterocycles. The van der Waals surface area contributed by atoms with E-state index in [2.05, 4.69) is 17.2 Å². The number of benzene rings is 1. The summed E-state index contributed by atoms with van der Waals surface area (Å²) in [6.45, 7) is 5.71. The minimum absolute atomic E-state index is 0.0776. The predicted octanol–water partition coefficient (Wildman–Crippen LogP) is 3.47. The molecule has 0 saturated carbocycles. The molecule has 2 rings (SSSR count). The van der Waals surface area contributed by atoms with Crippen LogP contribution in [0.5, 0.6) is 0 Å². The third-order valence-corrected chi connectivity index (χ3v) is 3.99. The molecule has 1 saturated heterocycles. The third kappa shape index (κ3) is 2.63. The Morgan fingerprint density at radius 3 is 2.58 bits per heavy atom. The summed E-state index contributed by atoms with van der Waals surface area (Å²) in [4.78, 5) is 0. The monoisotopic (exact) mass is 266 g/mol. The lowest BCUT2D eigenvalue weighted by molar-refractivity contribution is 0.151. The van der Waals surface area contributed by atoms with Crippen LogP contribution in [0.3, 0.4) is 0 Å². The maximum atomic E-state index is 12.9. The van der Waals surface area contributed by atoms with Crippen molar-refractivity contribution in [3.8, 4) is 0 Å². The molecule has 4 heteroatoms. The van der Waals surface area contributed by atoms with E-state index in [4.69, 9.17) is 0 Å². The van der Waals surface area contributed by atoms with Crippen LogP contribution in [0.4, 0.5) is 14.5 Å². The van der Waals surface area contributed by atoms with E-state index in [1.165, 1.54) is 6.07 Å². The molecule has 1 aromatic carbocycles. The van der Waals surface area contributed by atoms with Gasteiger partial charge in [-0.1, -0.05) is 12.1 Å². The van der Waals surface area contributed by atoms with E-state index in [0.29, 0.717) is 0 Å². The molecule has 0 aromatic heterocycles. The molecule has 104 valence electrons. The van der Waals surface area contributed by atoms with Gasteiger partial charge in [0.2, 0.25) is 0 Å². The first-order valence-corrected chi connectivity index (χ1v) is 6.57. The van der Waals surface area contributed by atoms with Crippen LogP contribution >= 0.6 is 0 Å². The van der Waals surface area contributed by atoms with Gasteiger partial charge in [-0.3, -0.25) is 0 Å². The molecule has 2 N–H and O–H groups in total. The summed E-state index contributed by atoms with van der Waals surface area (Å²) in [5.74, 6) is 0. The molecule has 1 fully saturated rings. The molecule has 0 atom stereocenters. The van der Waals surface area contributed by atoms with Crippen LogP contribution in [0, 0.1) is 0 Å². The number of anilines is 1. The van der Waals surface area contributed by atoms with E-state index in [9.17, 15) is 8.78 Å². The molecule has 0 radical (unpaired) electrons. The zero-order valence-electron chi connectivity index (χ0n) is 11.2. The number of nitrogens with one attached hydrogen (secondary N) is 2. The topological polar surface area (TPSA) is 24.1 Å². The Bertz CT molecular complexity index is 451. The van der Waals surface area contributed by atoms with Gasteiger partial charge in [-0.25, -0.2) is 8.78 Å². The molecule has 0 aliphatic carbocycles. The van der Waals surface area contributed by atoms with Crippen molar-refractivity contribution in [2.24, 2.45) is 0 Å². The van der Waals surface area contributed by atoms with Gasteiger partial charge < -0.3 is 10.6 Å². The molecule has 19 heavy (non-hydrogen) atoms. The Balaban J connectivity index is 2.50. The van der Waals surface area contributed by atoms with Gasteiger partial charge in [-0.15, -0.1) is 6.58 Å². The van der Waals surface area contributed by atoms with Gasteiger partial charge in [-0.2, -0.15) is 0 Å². The first-order chi connectivity index (χ1) is 9.13. The van der Waals surface area contributed by atoms with Crippen LogP contribution in [0.25, 0.3) is 0 Å². The number of rotatable bonds is 4. The van der Waals surface area contributed by atoms with Crippen LogP contribution in [0.1, 0.15) is 30.4 Å². The summed E-state index contributed by atoms with van der Waals surface area (Å²) < 4.78 is 25.8. The second-order valence-corrected chi connectivity index (χ2v) is 4.97. The largest absolute Gasteiger partial charge is 0.388 e. The highest BCUT2D eigenvalue weighted by Crippen LogP contribution is 2.40. The fourth-order valence-corrected chi connectivity index (χ4v) is 2.78. The number of allylic oxidation sites excluding steroid dienone is 1. The third-order valence-electron chi connectivity index (χ3n) is 3.99. The number of halogens is 2. The maximum Gasteiger partial charge on any atom is 0.263 e. The molecule has 0 spiro atoms. The minimum Gasteiger partial charge on any atom is -0.388 e. The molecule has 1 aliphatic rings. The first-order valence-electron chi connectivity index (χ1n) is 6.57. The lowest BCUT2D eigenvalue weighted by atomic mass is 9.72. The number of hydrogen-bond donors (Lipinski definition) is 2. The van der Waals surface area contributed by atoms with E-state index >= 15 is 0 Å². The van der Waals surface area contributed by atoms with Crippen molar-refractivity contribution in [1.29, 1.82) is 0 Å². The maximum absolute atomic E-state index is 12.9. The fraction of sp³-hybridized carbons (Fsp3) is 0.467. The second-order valence-electron chi connectivity index (χ2n) is 4.97. The van der Waals surface area contributed by atoms with Crippen LogP contribution in [0.2, 0.25) is 0 Å². The Kier molecular flexibility index (Phi) is 4.20. The average molecular weight is 266 g/mol. The van der Waals surface area contributed by atoms with Crippen LogP contribution in [-0.4, -0.2) is 20.1 Å². The first kappa shape index (κ1) is 14.0. The highest BCUT2D eigenvalue weighted by Gasteiger charge is 2.33. The summed E-state index contributed by atoms with van der Waals surface area (Å²) in [6.07, 6.45) is 1.25. The quantitative estimate of drug-likeness (QED) is 0.815. The highest BCUT2D eigenvalue weighted by atomic mass is 19.3. The Morgan fingerprint density at radius 1 is 1.37 bits per heavy atom. The Labute approximate surface area is 112 Å². The zero-order chi connectivity index (χ0) is 13.9. The average Bonchev–Trinajstić information content (AvgIpc) is 2.47. The molecular formula is C15H20F2N2. The van der Waals surface area contributed by atoms with Crippen molar-refractivity contribution >= 4 is 5.69 Å². The lowest BCUT2D eigenvalue weighted by Gasteiger charge is -2.37. The van der Waals surface area contributed by atoms with E-state index < -0.39 is 6.43 Å². The molecule has 2 nitrogen and oxygen atoms in total. The SMILES string of the molecule is C=CC1(c2cc(C(F)F)ccc2NC)CCNCC1. The number of hydrogen-bond acceptors (Lipinski definition) is 2. The second kappa shape index (κ2) is 5.70. The summed E-state index contributed by atoms with van der Waals surface area (Å²) in [5.41, 5.74) is 1.71. The predicted molar refractivity (Wildman–Crippen MR) is 74.9 cm³/mol. The minimum atomic E-state index is -2.44. The number of alkyl halides is 2. The molecule has 0 unspecified atom stereocenters. The summed E-state index contributed by atoms with van der Waals surface area (Å²) in [7, 11) is 1.82. The van der Waals surface area contributed by atoms with Crippen LogP contribution < -0.4 is 10.6 Å². The van der Waals surface area contributed by atoms with E-state index in [0.717, 1.165) is 37.2 Å². The Morgan fingerprint density at radius 2 is 2.05 bits per heavy atom. The van der Waals surface area contributed by atoms with Crippen molar-refractivity contribution in [3.63, 3.8) is 0 Å². The van der Waals surface area contributed by atoms with Gasteiger partial charge in [0.05, 0.1) is 0 Å². The van der Waals surface area contributed by atoms with Crippen LogP contribution in [0.15, 0.2) is 30.9 Å². The molecule has 1 aromatic rings. The van der Waals surface area contributed by atoms with Gasteiger partial charge in [-0.05, 0) is 43.6 Å². The van der Waals surface area contributed by atoms with E-state index in [1.54, 1.807) is 12.1 Å². The smallest absolute Gasteiger partial charge is 0.263 e. The van der Waals surface area contributed by atoms with Gasteiger partial charge >= 0.3 is 0 Å². The lowest BCUT2D eigenvalue weighted by Crippen LogP contribution is -2.38. The standard InChI is InChI=1S/C15H20F2N2/c1-3-15(6-8-19-9-7-15)12-10-11(14(16)17)4-5-13(12)18-2/h3-5,10,14,18-19H,1,6-9H2,2H3. The van der Waals surface area contributed by atoms with E-state index in [1.807, 2.05) is 13.1 Å². The normalized spacial score (nSPS) is 18.3. The molecule has 0 amide bonds. The summed E-state index contributed by atoms with van der Waals surface area (Å²) >= 11 is 0. The highest BCUT2D eigenvalue weighted by molar-refractivity contribution is 5.57. The van der Waals surface area contributed by atoms with Crippen LogP contribution in [-0.2, 0) is 5.41 Å².